The number of carbonyl (C=O) groups excluding carboxylic acids is 2. The van der Waals surface area contributed by atoms with E-state index in [1.54, 1.807) is 49.8 Å². The maximum absolute atomic E-state index is 12.2. The van der Waals surface area contributed by atoms with Gasteiger partial charge in [-0.15, -0.1) is 23.1 Å². The summed E-state index contributed by atoms with van der Waals surface area (Å²) in [7, 11) is 3.21. The van der Waals surface area contributed by atoms with Crippen molar-refractivity contribution >= 4 is 40.6 Å². The largest absolute Gasteiger partial charge is 0.497 e. The van der Waals surface area contributed by atoms with Crippen LogP contribution in [0.15, 0.2) is 53.9 Å². The lowest BCUT2D eigenvalue weighted by Gasteiger charge is -2.06. The fraction of sp³-hybridized carbons (Fsp3) is 0.190. The van der Waals surface area contributed by atoms with Gasteiger partial charge in [0.05, 0.1) is 18.6 Å². The van der Waals surface area contributed by atoms with Crippen molar-refractivity contribution in [3.63, 3.8) is 0 Å². The van der Waals surface area contributed by atoms with Crippen LogP contribution in [0.5, 0.6) is 5.75 Å². The van der Waals surface area contributed by atoms with Crippen molar-refractivity contribution in [3.8, 4) is 16.3 Å². The van der Waals surface area contributed by atoms with Crippen LogP contribution in [-0.4, -0.2) is 36.7 Å². The van der Waals surface area contributed by atoms with E-state index >= 15 is 0 Å². The molecule has 6 nitrogen and oxygen atoms in total. The maximum Gasteiger partial charge on any atom is 0.251 e. The summed E-state index contributed by atoms with van der Waals surface area (Å²) in [6, 6.07) is 14.6. The van der Waals surface area contributed by atoms with Crippen molar-refractivity contribution in [2.75, 3.05) is 25.2 Å². The SMILES string of the molecule is CNC(=O)c1cccc(NC(=O)CSCc2csc(-c3ccc(OC)cc3)n2)c1. The minimum atomic E-state index is -0.188. The Balaban J connectivity index is 1.49. The Morgan fingerprint density at radius 1 is 1.17 bits per heavy atom. The molecule has 3 aromatic rings. The molecule has 0 bridgehead atoms. The van der Waals surface area contributed by atoms with Crippen LogP contribution in [0.4, 0.5) is 5.69 Å². The zero-order valence-corrected chi connectivity index (χ0v) is 17.7. The molecule has 0 aliphatic rings. The molecule has 0 fully saturated rings. The van der Waals surface area contributed by atoms with E-state index in [-0.39, 0.29) is 11.8 Å². The van der Waals surface area contributed by atoms with Crippen molar-refractivity contribution in [2.24, 2.45) is 0 Å². The van der Waals surface area contributed by atoms with Crippen molar-refractivity contribution in [1.82, 2.24) is 10.3 Å². The predicted molar refractivity (Wildman–Crippen MR) is 119 cm³/mol. The summed E-state index contributed by atoms with van der Waals surface area (Å²) < 4.78 is 5.17. The summed E-state index contributed by atoms with van der Waals surface area (Å²) in [6.45, 7) is 0. The van der Waals surface area contributed by atoms with Gasteiger partial charge in [0.1, 0.15) is 10.8 Å². The Hall–Kier alpha value is -2.84. The van der Waals surface area contributed by atoms with Crippen molar-refractivity contribution < 1.29 is 14.3 Å². The van der Waals surface area contributed by atoms with Gasteiger partial charge in [0.25, 0.3) is 5.91 Å². The van der Waals surface area contributed by atoms with Crippen LogP contribution in [0.25, 0.3) is 10.6 Å². The second-order valence-corrected chi connectivity index (χ2v) is 7.92. The quantitative estimate of drug-likeness (QED) is 0.567. The highest BCUT2D eigenvalue weighted by Gasteiger charge is 2.09. The van der Waals surface area contributed by atoms with Gasteiger partial charge in [-0.3, -0.25) is 9.59 Å². The van der Waals surface area contributed by atoms with E-state index in [2.05, 4.69) is 15.6 Å². The fourth-order valence-electron chi connectivity index (χ4n) is 2.57. The number of ether oxygens (including phenoxy) is 1. The Morgan fingerprint density at radius 2 is 1.97 bits per heavy atom. The summed E-state index contributed by atoms with van der Waals surface area (Å²) in [5.41, 5.74) is 3.10. The summed E-state index contributed by atoms with van der Waals surface area (Å²) in [4.78, 5) is 28.5. The number of amides is 2. The monoisotopic (exact) mass is 427 g/mol. The minimum Gasteiger partial charge on any atom is -0.497 e. The van der Waals surface area contributed by atoms with E-state index in [4.69, 9.17) is 4.74 Å². The maximum atomic E-state index is 12.2. The number of benzene rings is 2. The third kappa shape index (κ3) is 5.82. The van der Waals surface area contributed by atoms with Gasteiger partial charge in [-0.05, 0) is 42.5 Å². The molecular weight excluding hydrogens is 406 g/mol. The molecule has 0 saturated carbocycles. The molecule has 0 aliphatic heterocycles. The van der Waals surface area contributed by atoms with E-state index in [1.807, 2.05) is 29.6 Å². The lowest BCUT2D eigenvalue weighted by atomic mass is 10.2. The molecule has 0 radical (unpaired) electrons. The normalized spacial score (nSPS) is 10.4. The minimum absolute atomic E-state index is 0.116. The Kier molecular flexibility index (Phi) is 7.26. The molecule has 1 heterocycles. The molecule has 2 N–H and O–H groups in total. The molecule has 0 saturated heterocycles. The van der Waals surface area contributed by atoms with Crippen molar-refractivity contribution in [2.45, 2.75) is 5.75 Å². The van der Waals surface area contributed by atoms with Crippen LogP contribution in [-0.2, 0) is 10.5 Å². The van der Waals surface area contributed by atoms with E-state index in [1.165, 1.54) is 11.8 Å². The highest BCUT2D eigenvalue weighted by atomic mass is 32.2. The van der Waals surface area contributed by atoms with Gasteiger partial charge in [-0.2, -0.15) is 0 Å². The van der Waals surface area contributed by atoms with E-state index in [0.717, 1.165) is 22.0 Å². The molecule has 1 aromatic heterocycles. The van der Waals surface area contributed by atoms with Crippen LogP contribution in [0.2, 0.25) is 0 Å². The topological polar surface area (TPSA) is 80.3 Å². The number of hydrogen-bond donors (Lipinski definition) is 2. The second kappa shape index (κ2) is 10.1. The van der Waals surface area contributed by atoms with E-state index in [0.29, 0.717) is 22.8 Å². The molecule has 2 amide bonds. The van der Waals surface area contributed by atoms with Crippen LogP contribution in [0.3, 0.4) is 0 Å². The number of methoxy groups -OCH3 is 1. The number of thiazole rings is 1. The Bertz CT molecular complexity index is 987. The molecule has 29 heavy (non-hydrogen) atoms. The van der Waals surface area contributed by atoms with Crippen molar-refractivity contribution in [1.29, 1.82) is 0 Å². The second-order valence-electron chi connectivity index (χ2n) is 6.07. The number of rotatable bonds is 8. The number of nitrogens with zero attached hydrogens (tertiary/aromatic N) is 1. The molecule has 150 valence electrons. The van der Waals surface area contributed by atoms with E-state index in [9.17, 15) is 9.59 Å². The molecule has 2 aromatic carbocycles. The summed E-state index contributed by atoms with van der Waals surface area (Å²) >= 11 is 3.08. The number of thioether (sulfide) groups is 1. The molecule has 0 spiro atoms. The predicted octanol–water partition coefficient (Wildman–Crippen LogP) is 4.05. The first-order chi connectivity index (χ1) is 14.1. The zero-order chi connectivity index (χ0) is 20.6. The van der Waals surface area contributed by atoms with Crippen molar-refractivity contribution in [3.05, 3.63) is 65.2 Å². The smallest absolute Gasteiger partial charge is 0.251 e. The first-order valence-corrected chi connectivity index (χ1v) is 10.9. The van der Waals surface area contributed by atoms with Crippen LogP contribution < -0.4 is 15.4 Å². The summed E-state index contributed by atoms with van der Waals surface area (Å²) in [6.07, 6.45) is 0. The van der Waals surface area contributed by atoms with Gasteiger partial charge in [0, 0.05) is 35.0 Å². The molecule has 8 heteroatoms. The van der Waals surface area contributed by atoms with Crippen LogP contribution >= 0.6 is 23.1 Å². The molecular formula is C21H21N3O3S2. The zero-order valence-electron chi connectivity index (χ0n) is 16.1. The Morgan fingerprint density at radius 3 is 2.69 bits per heavy atom. The summed E-state index contributed by atoms with van der Waals surface area (Å²) in [5, 5.41) is 8.34. The molecule has 0 unspecified atom stereocenters. The number of nitrogens with one attached hydrogen (secondary N) is 2. The first kappa shape index (κ1) is 20.9. The summed E-state index contributed by atoms with van der Waals surface area (Å²) in [5.74, 6) is 1.46. The van der Waals surface area contributed by atoms with Crippen LogP contribution in [0.1, 0.15) is 16.1 Å². The number of carbonyl (C=O) groups is 2. The Labute approximate surface area is 177 Å². The molecule has 3 rings (SSSR count). The number of hydrogen-bond acceptors (Lipinski definition) is 6. The number of aromatic nitrogens is 1. The van der Waals surface area contributed by atoms with Gasteiger partial charge in [-0.1, -0.05) is 6.07 Å². The molecule has 0 aliphatic carbocycles. The van der Waals surface area contributed by atoms with E-state index < -0.39 is 0 Å². The standard InChI is InChI=1S/C21H21N3O3S2/c1-22-20(26)15-4-3-5-16(10-15)23-19(25)13-28-11-17-12-29-21(24-17)14-6-8-18(27-2)9-7-14/h3-10,12H,11,13H2,1-2H3,(H,22,26)(H,23,25). The lowest BCUT2D eigenvalue weighted by Crippen LogP contribution is -2.19. The average Bonchev–Trinajstić information content (AvgIpc) is 3.22. The highest BCUT2D eigenvalue weighted by molar-refractivity contribution is 7.99. The first-order valence-electron chi connectivity index (χ1n) is 8.87. The van der Waals surface area contributed by atoms with Crippen LogP contribution in [0, 0.1) is 0 Å². The van der Waals surface area contributed by atoms with Gasteiger partial charge in [0.2, 0.25) is 5.91 Å². The van der Waals surface area contributed by atoms with Gasteiger partial charge in [0.15, 0.2) is 0 Å². The third-order valence-electron chi connectivity index (χ3n) is 4.01. The van der Waals surface area contributed by atoms with Gasteiger partial charge in [-0.25, -0.2) is 4.98 Å². The van der Waals surface area contributed by atoms with Gasteiger partial charge < -0.3 is 15.4 Å². The highest BCUT2D eigenvalue weighted by Crippen LogP contribution is 2.27. The third-order valence-corrected chi connectivity index (χ3v) is 5.91. The molecule has 0 atom stereocenters. The lowest BCUT2D eigenvalue weighted by molar-refractivity contribution is -0.113. The average molecular weight is 428 g/mol. The van der Waals surface area contributed by atoms with Gasteiger partial charge >= 0.3 is 0 Å². The fourth-order valence-corrected chi connectivity index (χ4v) is 4.22. The number of anilines is 1.